The summed E-state index contributed by atoms with van der Waals surface area (Å²) >= 11 is 0. The molecule has 5 nitrogen and oxygen atoms in total. The van der Waals surface area contributed by atoms with Gasteiger partial charge in [0.05, 0.1) is 13.3 Å². The second kappa shape index (κ2) is 5.71. The number of rotatable bonds is 3. The van der Waals surface area contributed by atoms with Gasteiger partial charge in [0.25, 0.3) is 0 Å². The van der Waals surface area contributed by atoms with Crippen LogP contribution in [0.2, 0.25) is 0 Å². The van der Waals surface area contributed by atoms with Crippen LogP contribution in [0.3, 0.4) is 0 Å². The Morgan fingerprint density at radius 3 is 2.40 bits per heavy atom. The number of benzene rings is 1. The van der Waals surface area contributed by atoms with Crippen molar-refractivity contribution >= 4 is 11.6 Å². The minimum Gasteiger partial charge on any atom is -0.497 e. The zero-order chi connectivity index (χ0) is 13.9. The Labute approximate surface area is 119 Å². The first-order valence-corrected chi connectivity index (χ1v) is 7.19. The third kappa shape index (κ3) is 2.72. The molecule has 5 heteroatoms. The van der Waals surface area contributed by atoms with Crippen LogP contribution in [0.5, 0.6) is 5.75 Å². The molecule has 2 aliphatic rings. The molecule has 0 aromatic heterocycles. The summed E-state index contributed by atoms with van der Waals surface area (Å²) in [7, 11) is 1.68. The van der Waals surface area contributed by atoms with Gasteiger partial charge in [-0.1, -0.05) is 0 Å². The van der Waals surface area contributed by atoms with Crippen LogP contribution in [0.15, 0.2) is 24.3 Å². The SMILES string of the molecule is COc1ccc(N2CCN(C3CCC(=O)N3)CC2)cc1. The molecule has 0 saturated carbocycles. The topological polar surface area (TPSA) is 44.8 Å². The summed E-state index contributed by atoms with van der Waals surface area (Å²) in [6.45, 7) is 3.99. The Morgan fingerprint density at radius 1 is 1.15 bits per heavy atom. The van der Waals surface area contributed by atoms with E-state index in [-0.39, 0.29) is 12.1 Å². The highest BCUT2D eigenvalue weighted by Gasteiger charge is 2.29. The molecule has 1 aromatic rings. The molecule has 2 saturated heterocycles. The van der Waals surface area contributed by atoms with Gasteiger partial charge in [0, 0.05) is 38.3 Å². The maximum atomic E-state index is 11.3. The highest BCUT2D eigenvalue weighted by molar-refractivity contribution is 5.78. The predicted octanol–water partition coefficient (Wildman–Crippen LogP) is 1.05. The smallest absolute Gasteiger partial charge is 0.221 e. The molecule has 0 spiro atoms. The number of nitrogens with zero attached hydrogens (tertiary/aromatic N) is 2. The van der Waals surface area contributed by atoms with Gasteiger partial charge in [-0.15, -0.1) is 0 Å². The van der Waals surface area contributed by atoms with Crippen LogP contribution in [-0.4, -0.2) is 50.3 Å². The fourth-order valence-corrected chi connectivity index (χ4v) is 2.96. The van der Waals surface area contributed by atoms with Crippen molar-refractivity contribution in [2.45, 2.75) is 19.0 Å². The van der Waals surface area contributed by atoms with E-state index >= 15 is 0 Å². The molecule has 3 rings (SSSR count). The van der Waals surface area contributed by atoms with E-state index in [9.17, 15) is 4.79 Å². The lowest BCUT2D eigenvalue weighted by Crippen LogP contribution is -2.53. The Hall–Kier alpha value is -1.75. The van der Waals surface area contributed by atoms with Gasteiger partial charge in [-0.2, -0.15) is 0 Å². The van der Waals surface area contributed by atoms with Crippen molar-refractivity contribution < 1.29 is 9.53 Å². The monoisotopic (exact) mass is 275 g/mol. The van der Waals surface area contributed by atoms with Crippen LogP contribution in [0, 0.1) is 0 Å². The number of ether oxygens (including phenoxy) is 1. The molecule has 0 radical (unpaired) electrons. The largest absolute Gasteiger partial charge is 0.497 e. The number of methoxy groups -OCH3 is 1. The average Bonchev–Trinajstić information content (AvgIpc) is 2.94. The summed E-state index contributed by atoms with van der Waals surface area (Å²) in [6, 6.07) is 8.20. The lowest BCUT2D eigenvalue weighted by atomic mass is 10.2. The van der Waals surface area contributed by atoms with Crippen LogP contribution in [0.25, 0.3) is 0 Å². The van der Waals surface area contributed by atoms with Crippen LogP contribution < -0.4 is 15.0 Å². The van der Waals surface area contributed by atoms with E-state index in [1.54, 1.807) is 7.11 Å². The van der Waals surface area contributed by atoms with E-state index in [1.807, 2.05) is 12.1 Å². The predicted molar refractivity (Wildman–Crippen MR) is 77.9 cm³/mol. The molecule has 2 fully saturated rings. The Bertz CT molecular complexity index is 467. The van der Waals surface area contributed by atoms with E-state index in [0.717, 1.165) is 38.3 Å². The normalized spacial score (nSPS) is 23.8. The molecule has 0 bridgehead atoms. The van der Waals surface area contributed by atoms with Crippen molar-refractivity contribution in [3.63, 3.8) is 0 Å². The maximum absolute atomic E-state index is 11.3. The third-order valence-electron chi connectivity index (χ3n) is 4.17. The van der Waals surface area contributed by atoms with Gasteiger partial charge < -0.3 is 15.0 Å². The van der Waals surface area contributed by atoms with Crippen molar-refractivity contribution in [1.29, 1.82) is 0 Å². The van der Waals surface area contributed by atoms with Gasteiger partial charge in [-0.05, 0) is 30.7 Å². The zero-order valence-electron chi connectivity index (χ0n) is 11.8. The molecular formula is C15H21N3O2. The Balaban J connectivity index is 1.56. The van der Waals surface area contributed by atoms with E-state index in [0.29, 0.717) is 6.42 Å². The number of carbonyl (C=O) groups is 1. The fourth-order valence-electron chi connectivity index (χ4n) is 2.96. The minimum absolute atomic E-state index is 0.188. The Morgan fingerprint density at radius 2 is 1.85 bits per heavy atom. The van der Waals surface area contributed by atoms with E-state index in [4.69, 9.17) is 4.74 Å². The number of amides is 1. The average molecular weight is 275 g/mol. The van der Waals surface area contributed by atoms with Crippen molar-refractivity contribution in [3.8, 4) is 5.75 Å². The van der Waals surface area contributed by atoms with E-state index in [2.05, 4.69) is 27.2 Å². The van der Waals surface area contributed by atoms with Gasteiger partial charge in [0.15, 0.2) is 0 Å². The summed E-state index contributed by atoms with van der Waals surface area (Å²) in [5, 5.41) is 3.05. The molecular weight excluding hydrogens is 254 g/mol. The van der Waals surface area contributed by atoms with Gasteiger partial charge in [-0.25, -0.2) is 0 Å². The molecule has 1 atom stereocenters. The summed E-state index contributed by atoms with van der Waals surface area (Å²) in [6.07, 6.45) is 1.87. The number of anilines is 1. The molecule has 2 heterocycles. The molecule has 1 N–H and O–H groups in total. The van der Waals surface area contributed by atoms with Crippen molar-refractivity contribution in [3.05, 3.63) is 24.3 Å². The van der Waals surface area contributed by atoms with E-state index < -0.39 is 0 Å². The minimum atomic E-state index is 0.188. The van der Waals surface area contributed by atoms with Crippen LogP contribution in [0.4, 0.5) is 5.69 Å². The number of carbonyl (C=O) groups excluding carboxylic acids is 1. The first-order valence-electron chi connectivity index (χ1n) is 7.19. The number of hydrogen-bond acceptors (Lipinski definition) is 4. The quantitative estimate of drug-likeness (QED) is 0.896. The highest BCUT2D eigenvalue weighted by Crippen LogP contribution is 2.22. The number of piperazine rings is 1. The molecule has 1 amide bonds. The summed E-state index contributed by atoms with van der Waals surface area (Å²) in [5.41, 5.74) is 1.24. The van der Waals surface area contributed by atoms with Gasteiger partial charge >= 0.3 is 0 Å². The van der Waals surface area contributed by atoms with E-state index in [1.165, 1.54) is 5.69 Å². The molecule has 2 aliphatic heterocycles. The highest BCUT2D eigenvalue weighted by atomic mass is 16.5. The van der Waals surface area contributed by atoms with Crippen LogP contribution in [-0.2, 0) is 4.79 Å². The molecule has 1 aromatic carbocycles. The number of nitrogens with one attached hydrogen (secondary N) is 1. The first kappa shape index (κ1) is 13.2. The summed E-state index contributed by atoms with van der Waals surface area (Å²) in [5.74, 6) is 1.08. The summed E-state index contributed by atoms with van der Waals surface area (Å²) in [4.78, 5) is 16.0. The van der Waals surface area contributed by atoms with Gasteiger partial charge in [-0.3, -0.25) is 9.69 Å². The number of hydrogen-bond donors (Lipinski definition) is 1. The first-order chi connectivity index (χ1) is 9.76. The second-order valence-electron chi connectivity index (χ2n) is 5.34. The molecule has 108 valence electrons. The van der Waals surface area contributed by atoms with Gasteiger partial charge in [0.1, 0.15) is 5.75 Å². The molecule has 0 aliphatic carbocycles. The van der Waals surface area contributed by atoms with Crippen LogP contribution >= 0.6 is 0 Å². The van der Waals surface area contributed by atoms with Gasteiger partial charge in [0.2, 0.25) is 5.91 Å². The lowest BCUT2D eigenvalue weighted by Gasteiger charge is -2.38. The summed E-state index contributed by atoms with van der Waals surface area (Å²) < 4.78 is 5.18. The zero-order valence-corrected chi connectivity index (χ0v) is 11.8. The molecule has 1 unspecified atom stereocenters. The lowest BCUT2D eigenvalue weighted by molar-refractivity contribution is -0.119. The maximum Gasteiger partial charge on any atom is 0.221 e. The fraction of sp³-hybridized carbons (Fsp3) is 0.533. The van der Waals surface area contributed by atoms with Crippen molar-refractivity contribution in [2.24, 2.45) is 0 Å². The second-order valence-corrected chi connectivity index (χ2v) is 5.34. The standard InChI is InChI=1S/C15H21N3O2/c1-20-13-4-2-12(3-5-13)17-8-10-18(11-9-17)14-6-7-15(19)16-14/h2-5,14H,6-11H2,1H3,(H,16,19). The molecule has 20 heavy (non-hydrogen) atoms. The van der Waals surface area contributed by atoms with Crippen molar-refractivity contribution in [1.82, 2.24) is 10.2 Å². The van der Waals surface area contributed by atoms with Crippen LogP contribution in [0.1, 0.15) is 12.8 Å². The Kier molecular flexibility index (Phi) is 3.78. The third-order valence-corrected chi connectivity index (χ3v) is 4.17. The van der Waals surface area contributed by atoms with Crippen molar-refractivity contribution in [2.75, 3.05) is 38.2 Å².